The maximum Gasteiger partial charge on any atom is 0.322 e. The van der Waals surface area contributed by atoms with Crippen molar-refractivity contribution in [3.05, 3.63) is 110 Å². The molecule has 0 saturated heterocycles. The first-order chi connectivity index (χ1) is 15.8. The van der Waals surface area contributed by atoms with E-state index in [9.17, 15) is 14.0 Å². The molecule has 0 spiro atoms. The van der Waals surface area contributed by atoms with Crippen LogP contribution in [-0.4, -0.2) is 15.9 Å². The maximum atomic E-state index is 14.1. The number of hydrogen-bond acceptors (Lipinski definition) is 2. The fraction of sp³-hybridized carbons (Fsp3) is 0.154. The number of para-hydroxylation sites is 1. The van der Waals surface area contributed by atoms with Gasteiger partial charge in [-0.25, -0.2) is 9.18 Å². The van der Waals surface area contributed by atoms with E-state index in [1.165, 1.54) is 17.0 Å². The van der Waals surface area contributed by atoms with Crippen LogP contribution in [0.1, 0.15) is 22.3 Å². The Hall–Kier alpha value is -3.64. The highest BCUT2D eigenvalue weighted by molar-refractivity contribution is 6.30. The Morgan fingerprint density at radius 2 is 1.76 bits per heavy atom. The van der Waals surface area contributed by atoms with Crippen molar-refractivity contribution in [2.75, 3.05) is 5.32 Å². The van der Waals surface area contributed by atoms with Crippen LogP contribution in [0.4, 0.5) is 14.9 Å². The van der Waals surface area contributed by atoms with Crippen LogP contribution >= 0.6 is 11.6 Å². The monoisotopic (exact) mass is 463 g/mol. The van der Waals surface area contributed by atoms with Gasteiger partial charge in [-0.1, -0.05) is 41.9 Å². The highest BCUT2D eigenvalue weighted by Gasteiger charge is 2.18. The molecule has 0 bridgehead atoms. The Kier molecular flexibility index (Phi) is 6.47. The van der Waals surface area contributed by atoms with Gasteiger partial charge in [0.2, 0.25) is 0 Å². The number of urea groups is 1. The summed E-state index contributed by atoms with van der Waals surface area (Å²) in [6, 6.07) is 18.3. The first-order valence-corrected chi connectivity index (χ1v) is 10.9. The van der Waals surface area contributed by atoms with E-state index in [1.807, 2.05) is 44.2 Å². The van der Waals surface area contributed by atoms with Crippen LogP contribution in [0.3, 0.4) is 0 Å². The molecular formula is C26H23ClFN3O2. The number of aromatic amines is 1. The van der Waals surface area contributed by atoms with Crippen molar-refractivity contribution >= 4 is 34.2 Å². The lowest BCUT2D eigenvalue weighted by atomic mass is 10.0. The molecule has 3 aromatic carbocycles. The normalized spacial score (nSPS) is 10.9. The van der Waals surface area contributed by atoms with Gasteiger partial charge in [0.25, 0.3) is 5.56 Å². The molecule has 1 aromatic heterocycles. The number of carbonyl (C=O) groups excluding carboxylic acids is 1. The van der Waals surface area contributed by atoms with Crippen LogP contribution in [0.25, 0.3) is 10.9 Å². The summed E-state index contributed by atoms with van der Waals surface area (Å²) in [5.41, 5.74) is 3.90. The standard InChI is InChI=1S/C26H23ClFN3O2/c1-16-11-17(2)21-13-19(25(32)29-24(21)12-16)15-31(14-18-7-9-20(27)10-8-18)26(33)30-23-6-4-3-5-22(23)28/h3-13H,14-15H2,1-2H3,(H,29,32)(H,30,33). The maximum absolute atomic E-state index is 14.1. The zero-order valence-electron chi connectivity index (χ0n) is 18.3. The lowest BCUT2D eigenvalue weighted by molar-refractivity contribution is 0.206. The van der Waals surface area contributed by atoms with E-state index < -0.39 is 11.8 Å². The van der Waals surface area contributed by atoms with E-state index in [2.05, 4.69) is 10.3 Å². The van der Waals surface area contributed by atoms with Gasteiger partial charge in [-0.3, -0.25) is 4.79 Å². The minimum Gasteiger partial charge on any atom is -0.322 e. The number of nitrogens with one attached hydrogen (secondary N) is 2. The topological polar surface area (TPSA) is 65.2 Å². The van der Waals surface area contributed by atoms with Gasteiger partial charge in [0.15, 0.2) is 0 Å². The summed E-state index contributed by atoms with van der Waals surface area (Å²) in [4.78, 5) is 30.4. The molecule has 168 valence electrons. The highest BCUT2D eigenvalue weighted by Crippen LogP contribution is 2.21. The second kappa shape index (κ2) is 9.46. The van der Waals surface area contributed by atoms with Gasteiger partial charge in [-0.2, -0.15) is 0 Å². The average Bonchev–Trinajstić information content (AvgIpc) is 2.77. The van der Waals surface area contributed by atoms with E-state index >= 15 is 0 Å². The molecule has 1 heterocycles. The summed E-state index contributed by atoms with van der Waals surface area (Å²) in [6.07, 6.45) is 0. The van der Waals surface area contributed by atoms with E-state index in [0.717, 1.165) is 27.6 Å². The van der Waals surface area contributed by atoms with Crippen molar-refractivity contribution in [1.29, 1.82) is 0 Å². The number of benzene rings is 3. The molecule has 0 aliphatic heterocycles. The van der Waals surface area contributed by atoms with Gasteiger partial charge in [0, 0.05) is 28.0 Å². The second-order valence-corrected chi connectivity index (χ2v) is 8.50. The summed E-state index contributed by atoms with van der Waals surface area (Å²) in [6.45, 7) is 4.21. The zero-order chi connectivity index (χ0) is 23.5. The first kappa shape index (κ1) is 22.6. The number of hydrogen-bond donors (Lipinski definition) is 2. The summed E-state index contributed by atoms with van der Waals surface area (Å²) in [5.74, 6) is -0.535. The average molecular weight is 464 g/mol. The molecule has 4 aromatic rings. The summed E-state index contributed by atoms with van der Waals surface area (Å²) >= 11 is 5.99. The van der Waals surface area contributed by atoms with Gasteiger partial charge in [-0.05, 0) is 66.9 Å². The fourth-order valence-electron chi connectivity index (χ4n) is 3.81. The third-order valence-electron chi connectivity index (χ3n) is 5.44. The van der Waals surface area contributed by atoms with Gasteiger partial charge in [0.1, 0.15) is 5.82 Å². The van der Waals surface area contributed by atoms with Crippen LogP contribution < -0.4 is 10.9 Å². The minimum absolute atomic E-state index is 0.0432. The third kappa shape index (κ3) is 5.23. The number of anilines is 1. The van der Waals surface area contributed by atoms with Crippen molar-refractivity contribution in [3.8, 4) is 0 Å². The lowest BCUT2D eigenvalue weighted by Gasteiger charge is -2.23. The number of amides is 2. The smallest absolute Gasteiger partial charge is 0.322 e. The molecule has 5 nitrogen and oxygen atoms in total. The number of fused-ring (bicyclic) bond motifs is 1. The Morgan fingerprint density at radius 3 is 2.48 bits per heavy atom. The van der Waals surface area contributed by atoms with Crippen LogP contribution in [-0.2, 0) is 13.1 Å². The van der Waals surface area contributed by atoms with Crippen LogP contribution in [0.5, 0.6) is 0 Å². The van der Waals surface area contributed by atoms with Crippen molar-refractivity contribution in [3.63, 3.8) is 0 Å². The Labute approximate surface area is 195 Å². The Balaban J connectivity index is 1.69. The molecule has 0 aliphatic rings. The van der Waals surface area contributed by atoms with Crippen LogP contribution in [0.2, 0.25) is 5.02 Å². The molecule has 0 saturated carbocycles. The second-order valence-electron chi connectivity index (χ2n) is 8.06. The van der Waals surface area contributed by atoms with E-state index in [4.69, 9.17) is 11.6 Å². The molecule has 4 rings (SSSR count). The SMILES string of the molecule is Cc1cc(C)c2cc(CN(Cc3ccc(Cl)cc3)C(=O)Nc3ccccc3F)c(=O)[nH]c2c1. The number of pyridine rings is 1. The third-order valence-corrected chi connectivity index (χ3v) is 5.69. The minimum atomic E-state index is -0.535. The van der Waals surface area contributed by atoms with Crippen molar-refractivity contribution in [2.45, 2.75) is 26.9 Å². The number of nitrogens with zero attached hydrogens (tertiary/aromatic N) is 1. The summed E-state index contributed by atoms with van der Waals surface area (Å²) in [5, 5.41) is 4.11. The van der Waals surface area contributed by atoms with Crippen molar-refractivity contribution in [1.82, 2.24) is 9.88 Å². The molecule has 0 unspecified atom stereocenters. The fourth-order valence-corrected chi connectivity index (χ4v) is 3.93. The predicted octanol–water partition coefficient (Wildman–Crippen LogP) is 6.17. The molecular weight excluding hydrogens is 441 g/mol. The van der Waals surface area contributed by atoms with E-state index in [0.29, 0.717) is 10.6 Å². The molecule has 0 aliphatic carbocycles. The molecule has 7 heteroatoms. The van der Waals surface area contributed by atoms with Crippen molar-refractivity contribution in [2.24, 2.45) is 0 Å². The number of halogens is 2. The number of aryl methyl sites for hydroxylation is 2. The number of aromatic nitrogens is 1. The van der Waals surface area contributed by atoms with Gasteiger partial charge in [0.05, 0.1) is 12.2 Å². The quantitative estimate of drug-likeness (QED) is 0.371. The summed E-state index contributed by atoms with van der Waals surface area (Å²) < 4.78 is 14.1. The van der Waals surface area contributed by atoms with E-state index in [-0.39, 0.29) is 24.3 Å². The highest BCUT2D eigenvalue weighted by atomic mass is 35.5. The van der Waals surface area contributed by atoms with Crippen LogP contribution in [0, 0.1) is 19.7 Å². The molecule has 0 radical (unpaired) electrons. The molecule has 33 heavy (non-hydrogen) atoms. The first-order valence-electron chi connectivity index (χ1n) is 10.5. The number of carbonyl (C=O) groups is 1. The predicted molar refractivity (Wildman–Crippen MR) is 130 cm³/mol. The zero-order valence-corrected chi connectivity index (χ0v) is 19.0. The molecule has 0 fully saturated rings. The molecule has 2 amide bonds. The lowest BCUT2D eigenvalue weighted by Crippen LogP contribution is -2.36. The van der Waals surface area contributed by atoms with Gasteiger partial charge in [-0.15, -0.1) is 0 Å². The van der Waals surface area contributed by atoms with Crippen molar-refractivity contribution < 1.29 is 9.18 Å². The molecule has 2 N–H and O–H groups in total. The Morgan fingerprint density at radius 1 is 1.03 bits per heavy atom. The van der Waals surface area contributed by atoms with E-state index in [1.54, 1.807) is 24.3 Å². The summed E-state index contributed by atoms with van der Waals surface area (Å²) in [7, 11) is 0. The number of H-pyrrole nitrogens is 1. The van der Waals surface area contributed by atoms with Gasteiger partial charge >= 0.3 is 6.03 Å². The van der Waals surface area contributed by atoms with Gasteiger partial charge < -0.3 is 15.2 Å². The van der Waals surface area contributed by atoms with Crippen LogP contribution in [0.15, 0.2) is 71.5 Å². The largest absolute Gasteiger partial charge is 0.322 e. The molecule has 0 atom stereocenters. The number of rotatable bonds is 5. The Bertz CT molecular complexity index is 1380.